The van der Waals surface area contributed by atoms with Crippen LogP contribution in [0, 0.1) is 0 Å². The molecule has 0 saturated carbocycles. The van der Waals surface area contributed by atoms with E-state index in [9.17, 15) is 9.90 Å². The summed E-state index contributed by atoms with van der Waals surface area (Å²) in [6.45, 7) is 3.41. The highest BCUT2D eigenvalue weighted by atomic mass is 16.3. The fraction of sp³-hybridized carbons (Fsp3) is 0.308. The maximum absolute atomic E-state index is 11.6. The molecular formula is C13H15NO2. The number of hydrogen-bond acceptors (Lipinski definition) is 3. The highest BCUT2D eigenvalue weighted by molar-refractivity contribution is 5.76. The summed E-state index contributed by atoms with van der Waals surface area (Å²) < 4.78 is 0. The highest BCUT2D eigenvalue weighted by Gasteiger charge is 2.36. The van der Waals surface area contributed by atoms with Gasteiger partial charge in [-0.05, 0) is 19.4 Å². The van der Waals surface area contributed by atoms with Crippen LogP contribution in [0.1, 0.15) is 25.5 Å². The Balaban J connectivity index is 2.33. The predicted octanol–water partition coefficient (Wildman–Crippen LogP) is 1.36. The zero-order chi connectivity index (χ0) is 11.9. The first-order valence-corrected chi connectivity index (χ1v) is 5.24. The fourth-order valence-corrected chi connectivity index (χ4v) is 1.71. The lowest BCUT2D eigenvalue weighted by Crippen LogP contribution is -2.38. The SMILES string of the molecule is CC(C)(N)C(O)c1c(-c2ccccc2)c1=O. The molecule has 0 aliphatic carbocycles. The number of nitrogens with two attached hydrogens (primary N) is 1. The van der Waals surface area contributed by atoms with E-state index in [1.807, 2.05) is 30.3 Å². The van der Waals surface area contributed by atoms with Crippen molar-refractivity contribution < 1.29 is 5.11 Å². The van der Waals surface area contributed by atoms with Crippen LogP contribution >= 0.6 is 0 Å². The first-order valence-electron chi connectivity index (χ1n) is 5.24. The lowest BCUT2D eigenvalue weighted by atomic mass is 9.96. The van der Waals surface area contributed by atoms with Crippen LogP contribution in [-0.2, 0) is 0 Å². The molecule has 0 fully saturated rings. The van der Waals surface area contributed by atoms with Gasteiger partial charge in [-0.1, -0.05) is 30.3 Å². The topological polar surface area (TPSA) is 63.3 Å². The standard InChI is InChI=1S/C13H15NO2/c1-13(2,14)12(16)10-9(11(10)15)8-6-4-3-5-7-8/h3-7,12,16H,14H2,1-2H3. The van der Waals surface area contributed by atoms with E-state index in [1.54, 1.807) is 13.8 Å². The zero-order valence-corrected chi connectivity index (χ0v) is 9.40. The summed E-state index contributed by atoms with van der Waals surface area (Å²) in [4.78, 5) is 11.6. The molecule has 3 heteroatoms. The lowest BCUT2D eigenvalue weighted by molar-refractivity contribution is 0.107. The van der Waals surface area contributed by atoms with Gasteiger partial charge in [0.15, 0.2) is 5.43 Å². The molecule has 0 radical (unpaired) electrons. The van der Waals surface area contributed by atoms with Gasteiger partial charge in [-0.3, -0.25) is 4.79 Å². The van der Waals surface area contributed by atoms with E-state index in [4.69, 9.17) is 5.73 Å². The zero-order valence-electron chi connectivity index (χ0n) is 9.40. The van der Waals surface area contributed by atoms with Crippen LogP contribution in [0.3, 0.4) is 0 Å². The number of aliphatic hydroxyl groups excluding tert-OH is 1. The molecule has 0 aliphatic heterocycles. The van der Waals surface area contributed by atoms with Crippen molar-refractivity contribution in [2.75, 3.05) is 0 Å². The third kappa shape index (κ3) is 1.79. The molecule has 3 nitrogen and oxygen atoms in total. The number of benzene rings is 1. The Hall–Kier alpha value is -1.45. The van der Waals surface area contributed by atoms with Crippen molar-refractivity contribution in [2.24, 2.45) is 5.73 Å². The van der Waals surface area contributed by atoms with Crippen LogP contribution in [0.2, 0.25) is 0 Å². The van der Waals surface area contributed by atoms with E-state index in [-0.39, 0.29) is 5.43 Å². The molecule has 0 bridgehead atoms. The Labute approximate surface area is 94.2 Å². The second-order valence-corrected chi connectivity index (χ2v) is 4.71. The second kappa shape index (κ2) is 3.54. The van der Waals surface area contributed by atoms with Crippen molar-refractivity contribution in [2.45, 2.75) is 25.5 Å². The summed E-state index contributed by atoms with van der Waals surface area (Å²) in [7, 11) is 0. The minimum absolute atomic E-state index is 0.0720. The normalized spacial score (nSPS) is 14.2. The van der Waals surface area contributed by atoms with E-state index < -0.39 is 11.6 Å². The molecule has 0 aliphatic rings. The van der Waals surface area contributed by atoms with E-state index in [1.165, 1.54) is 0 Å². The summed E-state index contributed by atoms with van der Waals surface area (Å²) in [6, 6.07) is 9.34. The van der Waals surface area contributed by atoms with Crippen LogP contribution in [0.5, 0.6) is 0 Å². The number of hydrogen-bond donors (Lipinski definition) is 2. The largest absolute Gasteiger partial charge is 0.386 e. The summed E-state index contributed by atoms with van der Waals surface area (Å²) >= 11 is 0. The van der Waals surface area contributed by atoms with E-state index in [2.05, 4.69) is 0 Å². The monoisotopic (exact) mass is 217 g/mol. The molecule has 3 N–H and O–H groups in total. The maximum Gasteiger partial charge on any atom is 0.193 e. The van der Waals surface area contributed by atoms with Crippen molar-refractivity contribution in [3.63, 3.8) is 0 Å². The van der Waals surface area contributed by atoms with Crippen LogP contribution in [0.4, 0.5) is 0 Å². The number of aliphatic hydroxyl groups is 1. The molecule has 2 aromatic rings. The Bertz CT molecular complexity index is 501. The Kier molecular flexibility index (Phi) is 2.45. The van der Waals surface area contributed by atoms with Crippen molar-refractivity contribution in [1.29, 1.82) is 0 Å². The summed E-state index contributed by atoms with van der Waals surface area (Å²) in [5.41, 5.74) is 6.85. The fourth-order valence-electron chi connectivity index (χ4n) is 1.71. The highest BCUT2D eigenvalue weighted by Crippen LogP contribution is 2.34. The van der Waals surface area contributed by atoms with Crippen LogP contribution in [0.25, 0.3) is 11.1 Å². The van der Waals surface area contributed by atoms with Gasteiger partial charge in [-0.15, -0.1) is 0 Å². The molecule has 0 aromatic heterocycles. The number of rotatable bonds is 3. The minimum Gasteiger partial charge on any atom is -0.386 e. The first kappa shape index (κ1) is 11.0. The Morgan fingerprint density at radius 2 is 1.81 bits per heavy atom. The van der Waals surface area contributed by atoms with E-state index in [0.717, 1.165) is 5.56 Å². The summed E-state index contributed by atoms with van der Waals surface area (Å²) in [5, 5.41) is 9.92. The molecule has 2 aromatic carbocycles. The molecule has 0 saturated heterocycles. The van der Waals surface area contributed by atoms with Crippen molar-refractivity contribution in [3.05, 3.63) is 46.1 Å². The summed E-state index contributed by atoms with van der Waals surface area (Å²) in [5.74, 6) is 0. The van der Waals surface area contributed by atoms with Gasteiger partial charge in [0, 0.05) is 16.7 Å². The Morgan fingerprint density at radius 1 is 1.25 bits per heavy atom. The van der Waals surface area contributed by atoms with Crippen LogP contribution in [0.15, 0.2) is 35.1 Å². The first-order chi connectivity index (χ1) is 7.43. The predicted molar refractivity (Wildman–Crippen MR) is 63.7 cm³/mol. The lowest BCUT2D eigenvalue weighted by Gasteiger charge is -2.22. The van der Waals surface area contributed by atoms with Gasteiger partial charge in [0.1, 0.15) is 6.10 Å². The van der Waals surface area contributed by atoms with Gasteiger partial charge in [-0.2, -0.15) is 0 Å². The van der Waals surface area contributed by atoms with Crippen molar-refractivity contribution in [3.8, 4) is 11.1 Å². The van der Waals surface area contributed by atoms with Crippen LogP contribution in [-0.4, -0.2) is 10.6 Å². The second-order valence-electron chi connectivity index (χ2n) is 4.71. The smallest absolute Gasteiger partial charge is 0.193 e. The average molecular weight is 217 g/mol. The summed E-state index contributed by atoms with van der Waals surface area (Å²) in [6.07, 6.45) is -0.893. The Morgan fingerprint density at radius 3 is 2.31 bits per heavy atom. The van der Waals surface area contributed by atoms with Gasteiger partial charge < -0.3 is 10.8 Å². The van der Waals surface area contributed by atoms with Crippen molar-refractivity contribution in [1.82, 2.24) is 0 Å². The molecule has 0 heterocycles. The molecule has 0 spiro atoms. The molecular weight excluding hydrogens is 202 g/mol. The molecule has 16 heavy (non-hydrogen) atoms. The third-order valence-corrected chi connectivity index (χ3v) is 2.72. The van der Waals surface area contributed by atoms with E-state index in [0.29, 0.717) is 11.1 Å². The molecule has 84 valence electrons. The van der Waals surface area contributed by atoms with E-state index >= 15 is 0 Å². The minimum atomic E-state index is -0.893. The molecule has 2 rings (SSSR count). The van der Waals surface area contributed by atoms with Gasteiger partial charge >= 0.3 is 0 Å². The van der Waals surface area contributed by atoms with Gasteiger partial charge in [0.05, 0.1) is 0 Å². The third-order valence-electron chi connectivity index (χ3n) is 2.72. The van der Waals surface area contributed by atoms with Gasteiger partial charge in [0.25, 0.3) is 0 Å². The molecule has 0 amide bonds. The average Bonchev–Trinajstić information content (AvgIpc) is 2.88. The van der Waals surface area contributed by atoms with Gasteiger partial charge in [-0.25, -0.2) is 0 Å². The van der Waals surface area contributed by atoms with Crippen molar-refractivity contribution >= 4 is 0 Å². The van der Waals surface area contributed by atoms with Crippen LogP contribution < -0.4 is 11.2 Å². The maximum atomic E-state index is 11.6. The molecule has 1 unspecified atom stereocenters. The van der Waals surface area contributed by atoms with Gasteiger partial charge in [0.2, 0.25) is 0 Å². The molecule has 1 atom stereocenters. The quantitative estimate of drug-likeness (QED) is 0.816.